The second-order valence-corrected chi connectivity index (χ2v) is 8.73. The summed E-state index contributed by atoms with van der Waals surface area (Å²) in [7, 11) is 0. The van der Waals surface area contributed by atoms with Gasteiger partial charge in [-0.15, -0.1) is 11.3 Å². The fraction of sp³-hybridized carbons (Fsp3) is 0.0455. The van der Waals surface area contributed by atoms with E-state index in [0.717, 1.165) is 21.7 Å². The van der Waals surface area contributed by atoms with Crippen molar-refractivity contribution < 1.29 is 4.79 Å². The molecule has 0 atom stereocenters. The lowest BCUT2D eigenvalue weighted by Gasteiger charge is -2.11. The molecule has 2 N–H and O–H groups in total. The lowest BCUT2D eigenvalue weighted by atomic mass is 10.1. The third-order valence-corrected chi connectivity index (χ3v) is 6.23. The molecular formula is C22H15Cl2N3OS2. The van der Waals surface area contributed by atoms with Crippen molar-refractivity contribution in [2.75, 3.05) is 0 Å². The van der Waals surface area contributed by atoms with Gasteiger partial charge in [-0.05, 0) is 48.1 Å². The quantitative estimate of drug-likeness (QED) is 0.354. The van der Waals surface area contributed by atoms with E-state index in [2.05, 4.69) is 21.7 Å². The molecule has 0 aliphatic carbocycles. The van der Waals surface area contributed by atoms with E-state index in [1.54, 1.807) is 23.5 Å². The zero-order chi connectivity index (χ0) is 21.1. The monoisotopic (exact) mass is 471 g/mol. The Labute approximate surface area is 192 Å². The minimum absolute atomic E-state index is 0.223. The maximum absolute atomic E-state index is 12.3. The molecule has 0 saturated carbocycles. The molecule has 0 saturated heterocycles. The van der Waals surface area contributed by atoms with Crippen LogP contribution in [0.2, 0.25) is 10.0 Å². The number of carbonyl (C=O) groups excluding carboxylic acids is 1. The third-order valence-electron chi connectivity index (χ3n) is 4.35. The second kappa shape index (κ2) is 9.10. The van der Waals surface area contributed by atoms with E-state index in [4.69, 9.17) is 35.4 Å². The van der Waals surface area contributed by atoms with E-state index in [0.29, 0.717) is 17.1 Å². The molecule has 0 fully saturated rings. The van der Waals surface area contributed by atoms with Crippen LogP contribution in [0.5, 0.6) is 0 Å². The Morgan fingerprint density at radius 2 is 1.80 bits per heavy atom. The van der Waals surface area contributed by atoms with Crippen molar-refractivity contribution in [1.29, 1.82) is 0 Å². The second-order valence-electron chi connectivity index (χ2n) is 6.44. The number of fused-ring (bicyclic) bond motifs is 1. The van der Waals surface area contributed by atoms with Gasteiger partial charge >= 0.3 is 0 Å². The van der Waals surface area contributed by atoms with Gasteiger partial charge in [0.05, 0.1) is 20.8 Å². The molecule has 0 aliphatic rings. The molecule has 4 rings (SSSR count). The molecule has 1 amide bonds. The molecule has 0 aliphatic heterocycles. The summed E-state index contributed by atoms with van der Waals surface area (Å²) < 4.78 is 1.17. The predicted octanol–water partition coefficient (Wildman–Crippen LogP) is 6.07. The topological polar surface area (TPSA) is 54.0 Å². The molecule has 30 heavy (non-hydrogen) atoms. The molecule has 0 bridgehead atoms. The Balaban J connectivity index is 1.35. The summed E-state index contributed by atoms with van der Waals surface area (Å²) in [5.74, 6) is -0.389. The first-order valence-electron chi connectivity index (χ1n) is 8.99. The molecule has 1 heterocycles. The molecule has 0 unspecified atom stereocenters. The zero-order valence-electron chi connectivity index (χ0n) is 15.5. The van der Waals surface area contributed by atoms with Crippen molar-refractivity contribution in [2.24, 2.45) is 0 Å². The van der Waals surface area contributed by atoms with Gasteiger partial charge in [0, 0.05) is 17.1 Å². The van der Waals surface area contributed by atoms with Gasteiger partial charge in [0.2, 0.25) is 0 Å². The van der Waals surface area contributed by atoms with E-state index in [-0.39, 0.29) is 16.0 Å². The minimum atomic E-state index is -0.389. The highest BCUT2D eigenvalue weighted by molar-refractivity contribution is 7.80. The van der Waals surface area contributed by atoms with Crippen molar-refractivity contribution in [2.45, 2.75) is 6.54 Å². The van der Waals surface area contributed by atoms with E-state index in [1.165, 1.54) is 10.8 Å². The van der Waals surface area contributed by atoms with Gasteiger partial charge in [0.25, 0.3) is 5.91 Å². The summed E-state index contributed by atoms with van der Waals surface area (Å²) in [4.78, 5) is 17.0. The Hall–Kier alpha value is -2.51. The molecule has 0 spiro atoms. The van der Waals surface area contributed by atoms with Crippen molar-refractivity contribution in [3.8, 4) is 10.6 Å². The Bertz CT molecular complexity index is 1210. The van der Waals surface area contributed by atoms with Gasteiger partial charge in [0.15, 0.2) is 5.11 Å². The normalized spacial score (nSPS) is 10.7. The Morgan fingerprint density at radius 1 is 1.03 bits per heavy atom. The Morgan fingerprint density at radius 3 is 2.53 bits per heavy atom. The molecule has 4 nitrogen and oxygen atoms in total. The van der Waals surface area contributed by atoms with Crippen LogP contribution in [0.1, 0.15) is 15.9 Å². The average molecular weight is 472 g/mol. The number of thiocarbonyl (C=S) groups is 1. The number of benzene rings is 3. The summed E-state index contributed by atoms with van der Waals surface area (Å²) in [6.07, 6.45) is 0. The third kappa shape index (κ3) is 4.79. The summed E-state index contributed by atoms with van der Waals surface area (Å²) in [6, 6.07) is 20.8. The molecule has 3 aromatic carbocycles. The van der Waals surface area contributed by atoms with Gasteiger partial charge in [-0.3, -0.25) is 10.1 Å². The SMILES string of the molecule is O=C(NC(=S)NCc1ccc(-c2nc3ccccc3s2)cc1)c1ccc(Cl)cc1Cl. The van der Waals surface area contributed by atoms with Crippen molar-refractivity contribution in [3.05, 3.63) is 87.9 Å². The minimum Gasteiger partial charge on any atom is -0.358 e. The fourth-order valence-corrected chi connectivity index (χ4v) is 4.46. The highest BCUT2D eigenvalue weighted by Gasteiger charge is 2.12. The van der Waals surface area contributed by atoms with Crippen LogP contribution in [0.4, 0.5) is 0 Å². The highest BCUT2D eigenvalue weighted by atomic mass is 35.5. The van der Waals surface area contributed by atoms with Crippen LogP contribution in [0.3, 0.4) is 0 Å². The number of thiazole rings is 1. The van der Waals surface area contributed by atoms with E-state index < -0.39 is 0 Å². The Kier molecular flexibility index (Phi) is 6.29. The van der Waals surface area contributed by atoms with Crippen LogP contribution in [-0.2, 0) is 6.54 Å². The van der Waals surface area contributed by atoms with Crippen LogP contribution >= 0.6 is 46.8 Å². The number of carbonyl (C=O) groups is 1. The number of hydrogen-bond donors (Lipinski definition) is 2. The smallest absolute Gasteiger partial charge is 0.258 e. The number of hydrogen-bond acceptors (Lipinski definition) is 4. The maximum atomic E-state index is 12.3. The van der Waals surface area contributed by atoms with E-state index in [1.807, 2.05) is 42.5 Å². The van der Waals surface area contributed by atoms with Crippen LogP contribution in [0, 0.1) is 0 Å². The largest absolute Gasteiger partial charge is 0.358 e. The van der Waals surface area contributed by atoms with Crippen LogP contribution in [0.15, 0.2) is 66.7 Å². The van der Waals surface area contributed by atoms with Gasteiger partial charge in [0.1, 0.15) is 5.01 Å². The maximum Gasteiger partial charge on any atom is 0.258 e. The first-order valence-corrected chi connectivity index (χ1v) is 11.0. The van der Waals surface area contributed by atoms with Crippen molar-refractivity contribution in [3.63, 3.8) is 0 Å². The van der Waals surface area contributed by atoms with Gasteiger partial charge < -0.3 is 5.32 Å². The number of rotatable bonds is 4. The molecule has 8 heteroatoms. The van der Waals surface area contributed by atoms with Gasteiger partial charge in [-0.25, -0.2) is 4.98 Å². The molecule has 0 radical (unpaired) electrons. The molecule has 1 aromatic heterocycles. The predicted molar refractivity (Wildman–Crippen MR) is 128 cm³/mol. The fourth-order valence-electron chi connectivity index (χ4n) is 2.83. The summed E-state index contributed by atoms with van der Waals surface area (Å²) in [6.45, 7) is 0.480. The first kappa shape index (κ1) is 20.8. The van der Waals surface area contributed by atoms with Gasteiger partial charge in [-0.1, -0.05) is 59.6 Å². The number of nitrogens with zero attached hydrogens (tertiary/aromatic N) is 1. The zero-order valence-corrected chi connectivity index (χ0v) is 18.6. The van der Waals surface area contributed by atoms with Crippen LogP contribution in [-0.4, -0.2) is 16.0 Å². The lowest BCUT2D eigenvalue weighted by Crippen LogP contribution is -2.38. The summed E-state index contributed by atoms with van der Waals surface area (Å²) in [5, 5.41) is 7.60. The first-order chi connectivity index (χ1) is 14.5. The molecular weight excluding hydrogens is 457 g/mol. The summed E-state index contributed by atoms with van der Waals surface area (Å²) in [5.41, 5.74) is 3.41. The van der Waals surface area contributed by atoms with E-state index >= 15 is 0 Å². The van der Waals surface area contributed by atoms with Gasteiger partial charge in [-0.2, -0.15) is 0 Å². The van der Waals surface area contributed by atoms with Crippen molar-refractivity contribution in [1.82, 2.24) is 15.6 Å². The average Bonchev–Trinajstić information content (AvgIpc) is 3.17. The number of amides is 1. The number of para-hydroxylation sites is 1. The molecule has 150 valence electrons. The van der Waals surface area contributed by atoms with Crippen LogP contribution < -0.4 is 10.6 Å². The number of nitrogens with one attached hydrogen (secondary N) is 2. The van der Waals surface area contributed by atoms with Crippen molar-refractivity contribution >= 4 is 68.0 Å². The number of halogens is 2. The highest BCUT2D eigenvalue weighted by Crippen LogP contribution is 2.30. The van der Waals surface area contributed by atoms with E-state index in [9.17, 15) is 4.79 Å². The molecule has 4 aromatic rings. The lowest BCUT2D eigenvalue weighted by molar-refractivity contribution is 0.0977. The number of aromatic nitrogens is 1. The standard InChI is InChI=1S/C22H15Cl2N3OS2/c23-15-9-10-16(17(24)11-15)20(28)27-22(29)25-12-13-5-7-14(8-6-13)21-26-18-3-1-2-4-19(18)30-21/h1-11H,12H2,(H2,25,27,28,29). The van der Waals surface area contributed by atoms with Crippen LogP contribution in [0.25, 0.3) is 20.8 Å². The summed E-state index contributed by atoms with van der Waals surface area (Å²) >= 11 is 18.8.